The van der Waals surface area contributed by atoms with Crippen LogP contribution in [0.25, 0.3) is 0 Å². The van der Waals surface area contributed by atoms with E-state index < -0.39 is 43.8 Å². The maximum atomic E-state index is 14.0. The molecule has 2 aliphatic rings. The van der Waals surface area contributed by atoms with Crippen LogP contribution in [0.15, 0.2) is 0 Å². The maximum Gasteiger partial charge on any atom is 0.478 e. The molecule has 2 rings (SSSR count). The van der Waals surface area contributed by atoms with E-state index in [2.05, 4.69) is 14.2 Å². The standard InChI is InChI=1S/C12H15F8NO4/c13-9(14,15)12(20,24-8-2-1-5-23-8)25-11(18,19)10(16,17)21-3-6-22-7-4-21/h8H,1-7H2. The summed E-state index contributed by atoms with van der Waals surface area (Å²) in [5, 5.41) is 0. The van der Waals surface area contributed by atoms with Crippen LogP contribution in [0, 0.1) is 0 Å². The van der Waals surface area contributed by atoms with E-state index in [0.717, 1.165) is 0 Å². The molecule has 2 atom stereocenters. The first-order valence-electron chi connectivity index (χ1n) is 7.23. The van der Waals surface area contributed by atoms with Crippen molar-refractivity contribution in [3.05, 3.63) is 0 Å². The van der Waals surface area contributed by atoms with E-state index in [9.17, 15) is 35.1 Å². The number of nitrogens with zero attached hydrogens (tertiary/aromatic N) is 1. The molecule has 2 aliphatic heterocycles. The highest BCUT2D eigenvalue weighted by atomic mass is 19.4. The van der Waals surface area contributed by atoms with Crippen LogP contribution in [0.3, 0.4) is 0 Å². The minimum Gasteiger partial charge on any atom is -0.379 e. The van der Waals surface area contributed by atoms with Gasteiger partial charge in [0.1, 0.15) is 0 Å². The molecule has 2 fully saturated rings. The SMILES string of the molecule is FC(F)(F)C(F)(OC1CCCO1)OC(F)(F)C(F)(F)N1CCOCC1. The summed E-state index contributed by atoms with van der Waals surface area (Å²) in [6.45, 7) is -2.21. The van der Waals surface area contributed by atoms with E-state index in [1.807, 2.05) is 0 Å². The second-order valence-electron chi connectivity index (χ2n) is 5.35. The second-order valence-corrected chi connectivity index (χ2v) is 5.35. The highest BCUT2D eigenvalue weighted by Gasteiger charge is 2.72. The Morgan fingerprint density at radius 3 is 1.96 bits per heavy atom. The van der Waals surface area contributed by atoms with Gasteiger partial charge in [0.2, 0.25) is 0 Å². The highest BCUT2D eigenvalue weighted by molar-refractivity contribution is 4.83. The van der Waals surface area contributed by atoms with Crippen molar-refractivity contribution in [1.82, 2.24) is 4.90 Å². The Labute approximate surface area is 136 Å². The molecular weight excluding hydrogens is 374 g/mol. The molecule has 0 aromatic heterocycles. The number of rotatable bonds is 6. The molecule has 2 saturated heterocycles. The van der Waals surface area contributed by atoms with Gasteiger partial charge in [-0.05, 0) is 6.42 Å². The molecular formula is C12H15F8NO4. The molecule has 0 radical (unpaired) electrons. The number of alkyl halides is 8. The van der Waals surface area contributed by atoms with Gasteiger partial charge in [-0.3, -0.25) is 4.74 Å². The van der Waals surface area contributed by atoms with Crippen LogP contribution < -0.4 is 0 Å². The van der Waals surface area contributed by atoms with Gasteiger partial charge in [-0.2, -0.15) is 35.1 Å². The fourth-order valence-corrected chi connectivity index (χ4v) is 2.21. The topological polar surface area (TPSA) is 40.2 Å². The molecule has 0 spiro atoms. The maximum absolute atomic E-state index is 14.0. The predicted octanol–water partition coefficient (Wildman–Crippen LogP) is 2.86. The van der Waals surface area contributed by atoms with Crippen molar-refractivity contribution in [2.45, 2.75) is 43.5 Å². The molecule has 148 valence electrons. The highest BCUT2D eigenvalue weighted by Crippen LogP contribution is 2.47. The lowest BCUT2D eigenvalue weighted by molar-refractivity contribution is -0.538. The molecule has 0 aromatic rings. The van der Waals surface area contributed by atoms with Gasteiger partial charge in [0.15, 0.2) is 6.29 Å². The largest absolute Gasteiger partial charge is 0.478 e. The molecule has 25 heavy (non-hydrogen) atoms. The Bertz CT molecular complexity index is 451. The lowest BCUT2D eigenvalue weighted by Crippen LogP contribution is -2.63. The molecule has 0 aliphatic carbocycles. The van der Waals surface area contributed by atoms with Gasteiger partial charge in [-0.15, -0.1) is 0 Å². The minimum atomic E-state index is -6.16. The second kappa shape index (κ2) is 7.10. The third-order valence-electron chi connectivity index (χ3n) is 3.53. The summed E-state index contributed by atoms with van der Waals surface area (Å²) in [6.07, 6.45) is -13.9. The van der Waals surface area contributed by atoms with Gasteiger partial charge in [0.05, 0.1) is 13.2 Å². The molecule has 0 bridgehead atoms. The minimum absolute atomic E-state index is 0.0983. The number of ether oxygens (including phenoxy) is 4. The molecule has 2 unspecified atom stereocenters. The van der Waals surface area contributed by atoms with Crippen molar-refractivity contribution < 1.29 is 54.1 Å². The van der Waals surface area contributed by atoms with Crippen LogP contribution in [-0.2, 0) is 18.9 Å². The smallest absolute Gasteiger partial charge is 0.379 e. The zero-order valence-corrected chi connectivity index (χ0v) is 12.6. The van der Waals surface area contributed by atoms with E-state index in [-0.39, 0.29) is 37.6 Å². The van der Waals surface area contributed by atoms with Gasteiger partial charge in [0, 0.05) is 26.1 Å². The first kappa shape index (κ1) is 20.6. The van der Waals surface area contributed by atoms with Gasteiger partial charge in [0.25, 0.3) is 0 Å². The van der Waals surface area contributed by atoms with Crippen LogP contribution in [0.1, 0.15) is 12.8 Å². The molecule has 13 heteroatoms. The van der Waals surface area contributed by atoms with Crippen molar-refractivity contribution >= 4 is 0 Å². The average Bonchev–Trinajstić information content (AvgIpc) is 2.99. The fourth-order valence-electron chi connectivity index (χ4n) is 2.21. The lowest BCUT2D eigenvalue weighted by atomic mass is 10.3. The van der Waals surface area contributed by atoms with Crippen LogP contribution in [0.2, 0.25) is 0 Å². The Hall–Kier alpha value is -0.760. The third kappa shape index (κ3) is 4.32. The van der Waals surface area contributed by atoms with Crippen LogP contribution >= 0.6 is 0 Å². The van der Waals surface area contributed by atoms with Crippen molar-refractivity contribution in [2.24, 2.45) is 0 Å². The normalized spacial score (nSPS) is 26.6. The van der Waals surface area contributed by atoms with E-state index in [1.165, 1.54) is 0 Å². The van der Waals surface area contributed by atoms with E-state index in [0.29, 0.717) is 0 Å². The molecule has 0 N–H and O–H groups in total. The van der Waals surface area contributed by atoms with Crippen molar-refractivity contribution in [1.29, 1.82) is 0 Å². The van der Waals surface area contributed by atoms with Gasteiger partial charge in [-0.1, -0.05) is 0 Å². The Balaban J connectivity index is 2.19. The lowest BCUT2D eigenvalue weighted by Gasteiger charge is -2.40. The van der Waals surface area contributed by atoms with E-state index in [1.54, 1.807) is 0 Å². The molecule has 0 aromatic carbocycles. The quantitative estimate of drug-likeness (QED) is 0.397. The summed E-state index contributed by atoms with van der Waals surface area (Å²) in [5.41, 5.74) is 0. The summed E-state index contributed by atoms with van der Waals surface area (Å²) < 4.78 is 124. The Morgan fingerprint density at radius 2 is 1.48 bits per heavy atom. The zero-order chi connectivity index (χ0) is 18.9. The molecule has 5 nitrogen and oxygen atoms in total. The van der Waals surface area contributed by atoms with Crippen molar-refractivity contribution in [2.75, 3.05) is 32.9 Å². The number of morpholine rings is 1. The van der Waals surface area contributed by atoms with Gasteiger partial charge >= 0.3 is 24.4 Å². The van der Waals surface area contributed by atoms with Crippen LogP contribution in [0.4, 0.5) is 35.1 Å². The molecule has 2 heterocycles. The zero-order valence-electron chi connectivity index (χ0n) is 12.6. The predicted molar refractivity (Wildman–Crippen MR) is 63.3 cm³/mol. The van der Waals surface area contributed by atoms with Crippen LogP contribution in [0.5, 0.6) is 0 Å². The first-order chi connectivity index (χ1) is 11.4. The van der Waals surface area contributed by atoms with Crippen LogP contribution in [-0.4, -0.2) is 68.5 Å². The molecule has 0 saturated carbocycles. The summed E-state index contributed by atoms with van der Waals surface area (Å²) in [5.74, 6) is 0. The molecule has 0 amide bonds. The number of hydrogen-bond acceptors (Lipinski definition) is 5. The first-order valence-corrected chi connectivity index (χ1v) is 7.23. The summed E-state index contributed by atoms with van der Waals surface area (Å²) >= 11 is 0. The van der Waals surface area contributed by atoms with Gasteiger partial charge < -0.3 is 9.47 Å². The van der Waals surface area contributed by atoms with Gasteiger partial charge in [-0.25, -0.2) is 9.64 Å². The van der Waals surface area contributed by atoms with Crippen molar-refractivity contribution in [3.8, 4) is 0 Å². The number of hydrogen-bond donors (Lipinski definition) is 0. The van der Waals surface area contributed by atoms with E-state index in [4.69, 9.17) is 4.74 Å². The van der Waals surface area contributed by atoms with Crippen molar-refractivity contribution in [3.63, 3.8) is 0 Å². The van der Waals surface area contributed by atoms with E-state index >= 15 is 0 Å². The summed E-state index contributed by atoms with van der Waals surface area (Å²) in [7, 11) is 0. The third-order valence-corrected chi connectivity index (χ3v) is 3.53. The average molecular weight is 389 g/mol. The summed E-state index contributed by atoms with van der Waals surface area (Å²) in [4.78, 5) is -0.153. The fraction of sp³-hybridized carbons (Fsp3) is 1.00. The Kier molecular flexibility index (Phi) is 5.84. The Morgan fingerprint density at radius 1 is 0.880 bits per heavy atom. The number of halogens is 8. The monoisotopic (exact) mass is 389 g/mol. The summed E-state index contributed by atoms with van der Waals surface area (Å²) in [6, 6.07) is -10.7.